The number of benzene rings is 3. The molecule has 0 bridgehead atoms. The maximum atomic E-state index is 13.5. The number of ether oxygens (including phenoxy) is 4. The summed E-state index contributed by atoms with van der Waals surface area (Å²) in [5.41, 5.74) is 4.80. The third-order valence-electron chi connectivity index (χ3n) is 11.1. The standard InChI is InChI=1S/C44H50N6O9/c1-28(2)38(48-42(54)56-3)41(53)49-20-7-11-35(49)39-45-24-34(47-39)32-16-12-30(13-17-32)31-14-18-33(19-15-31)37(51)25-46-40(52)36-23-44(58-21-8-22-59-44)27-50(36)43(55)57-26-29-9-5-4-6-10-29/h4-6,9-10,12-19,24,28,35-36,38H,7-8,11,20-23,25-27H2,1-3H3,(H,45,47)(H,46,52)(H,48,54)/t35?,36-,38-/m0/s1. The van der Waals surface area contributed by atoms with Gasteiger partial charge in [-0.1, -0.05) is 92.7 Å². The van der Waals surface area contributed by atoms with Crippen LogP contribution in [0.25, 0.3) is 22.4 Å². The number of nitrogens with one attached hydrogen (secondary N) is 3. The average molecular weight is 807 g/mol. The highest BCUT2D eigenvalue weighted by Crippen LogP contribution is 2.36. The van der Waals surface area contributed by atoms with Crippen molar-refractivity contribution < 1.29 is 42.9 Å². The molecular weight excluding hydrogens is 757 g/mol. The number of aromatic nitrogens is 2. The fourth-order valence-electron chi connectivity index (χ4n) is 7.82. The number of nitrogens with zero attached hydrogens (tertiary/aromatic N) is 3. The van der Waals surface area contributed by atoms with Gasteiger partial charge in [0.25, 0.3) is 0 Å². The number of methoxy groups -OCH3 is 1. The van der Waals surface area contributed by atoms with E-state index in [1.165, 1.54) is 12.0 Å². The molecule has 4 heterocycles. The molecule has 3 saturated heterocycles. The Morgan fingerprint density at radius 1 is 0.898 bits per heavy atom. The van der Waals surface area contributed by atoms with Gasteiger partial charge in [-0.3, -0.25) is 19.3 Å². The fraction of sp³-hybridized carbons (Fsp3) is 0.409. The minimum Gasteiger partial charge on any atom is -0.453 e. The Labute approximate surface area is 342 Å². The molecule has 1 aromatic heterocycles. The molecule has 15 nitrogen and oxygen atoms in total. The number of carbonyl (C=O) groups excluding carboxylic acids is 5. The number of likely N-dealkylation sites (tertiary alicyclic amines) is 2. The van der Waals surface area contributed by atoms with Crippen LogP contribution >= 0.6 is 0 Å². The predicted octanol–water partition coefficient (Wildman–Crippen LogP) is 5.63. The number of hydrogen-bond donors (Lipinski definition) is 3. The lowest BCUT2D eigenvalue weighted by atomic mass is 10.0. The number of H-pyrrole nitrogens is 1. The van der Waals surface area contributed by atoms with E-state index in [0.29, 0.717) is 37.6 Å². The third-order valence-corrected chi connectivity index (χ3v) is 11.1. The van der Waals surface area contributed by atoms with Gasteiger partial charge in [0.15, 0.2) is 11.6 Å². The first-order valence-electron chi connectivity index (χ1n) is 20.0. The van der Waals surface area contributed by atoms with Crippen molar-refractivity contribution in [3.63, 3.8) is 0 Å². The molecule has 3 fully saturated rings. The van der Waals surface area contributed by atoms with Gasteiger partial charge in [0.05, 0.1) is 51.3 Å². The minimum absolute atomic E-state index is 0.0390. The molecule has 15 heteroatoms. The zero-order valence-electron chi connectivity index (χ0n) is 33.5. The maximum absolute atomic E-state index is 13.5. The fourth-order valence-corrected chi connectivity index (χ4v) is 7.82. The number of alkyl carbamates (subject to hydrolysis) is 1. The van der Waals surface area contributed by atoms with Gasteiger partial charge in [0.1, 0.15) is 24.5 Å². The van der Waals surface area contributed by atoms with Crippen LogP contribution in [0.5, 0.6) is 0 Å². The number of amides is 4. The van der Waals surface area contributed by atoms with Crippen molar-refractivity contribution in [2.24, 2.45) is 5.92 Å². The Kier molecular flexibility index (Phi) is 12.7. The van der Waals surface area contributed by atoms with Gasteiger partial charge in [-0.2, -0.15) is 0 Å². The first-order valence-corrected chi connectivity index (χ1v) is 20.0. The van der Waals surface area contributed by atoms with Gasteiger partial charge >= 0.3 is 12.2 Å². The highest BCUT2D eigenvalue weighted by atomic mass is 16.7. The molecule has 310 valence electrons. The van der Waals surface area contributed by atoms with Crippen molar-refractivity contribution in [3.8, 4) is 22.4 Å². The number of ketones is 1. The van der Waals surface area contributed by atoms with Crippen molar-refractivity contribution >= 4 is 29.8 Å². The summed E-state index contributed by atoms with van der Waals surface area (Å²) in [7, 11) is 1.27. The van der Waals surface area contributed by atoms with Crippen LogP contribution in [0.3, 0.4) is 0 Å². The van der Waals surface area contributed by atoms with Crippen LogP contribution in [0.2, 0.25) is 0 Å². The van der Waals surface area contributed by atoms with Gasteiger partial charge in [-0.05, 0) is 47.4 Å². The van der Waals surface area contributed by atoms with E-state index in [1.807, 2.05) is 80.6 Å². The molecule has 3 aliphatic heterocycles. The molecule has 3 aromatic carbocycles. The summed E-state index contributed by atoms with van der Waals surface area (Å²) < 4.78 is 22.2. The average Bonchev–Trinajstić information content (AvgIpc) is 4.04. The van der Waals surface area contributed by atoms with Crippen LogP contribution < -0.4 is 10.6 Å². The Balaban J connectivity index is 0.946. The molecule has 0 radical (unpaired) electrons. The smallest absolute Gasteiger partial charge is 0.410 e. The van der Waals surface area contributed by atoms with E-state index in [1.54, 1.807) is 23.2 Å². The van der Waals surface area contributed by atoms with E-state index in [-0.39, 0.29) is 49.8 Å². The first kappa shape index (κ1) is 41.1. The number of imidazole rings is 1. The number of rotatable bonds is 12. The molecule has 4 aromatic rings. The Morgan fingerprint density at radius 2 is 1.58 bits per heavy atom. The molecule has 0 aliphatic carbocycles. The van der Waals surface area contributed by atoms with Crippen LogP contribution in [-0.2, 0) is 35.1 Å². The second kappa shape index (κ2) is 18.2. The first-order chi connectivity index (χ1) is 28.5. The quantitative estimate of drug-likeness (QED) is 0.152. The Morgan fingerprint density at radius 3 is 2.25 bits per heavy atom. The van der Waals surface area contributed by atoms with Gasteiger partial charge in [-0.15, -0.1) is 0 Å². The van der Waals surface area contributed by atoms with Crippen molar-refractivity contribution in [3.05, 3.63) is 102 Å². The third kappa shape index (κ3) is 9.47. The largest absolute Gasteiger partial charge is 0.453 e. The molecule has 3 N–H and O–H groups in total. The van der Waals surface area contributed by atoms with Crippen molar-refractivity contribution in [2.75, 3.05) is 40.0 Å². The normalized spacial score (nSPS) is 19.1. The SMILES string of the molecule is COC(=O)N[C@H](C(=O)N1CCCC1c1ncc(-c2ccc(-c3ccc(C(=O)CNC(=O)[C@@H]4CC5(CN4C(=O)OCc4ccccc4)OCCCO5)cc3)cc2)[nH]1)C(C)C. The van der Waals surface area contributed by atoms with Gasteiger partial charge < -0.3 is 39.5 Å². The highest BCUT2D eigenvalue weighted by Gasteiger charge is 2.52. The molecular formula is C44H50N6O9. The zero-order chi connectivity index (χ0) is 41.5. The lowest BCUT2D eigenvalue weighted by molar-refractivity contribution is -0.257. The summed E-state index contributed by atoms with van der Waals surface area (Å²) >= 11 is 0. The lowest BCUT2D eigenvalue weighted by Gasteiger charge is -2.33. The molecule has 1 spiro atoms. The molecule has 1 unspecified atom stereocenters. The van der Waals surface area contributed by atoms with Crippen molar-refractivity contribution in [1.82, 2.24) is 30.4 Å². The summed E-state index contributed by atoms with van der Waals surface area (Å²) in [5, 5.41) is 5.40. The molecule has 0 saturated carbocycles. The predicted molar refractivity (Wildman–Crippen MR) is 216 cm³/mol. The van der Waals surface area contributed by atoms with Gasteiger partial charge in [0.2, 0.25) is 11.8 Å². The summed E-state index contributed by atoms with van der Waals surface area (Å²) in [4.78, 5) is 76.6. The maximum Gasteiger partial charge on any atom is 0.410 e. The second-order valence-corrected chi connectivity index (χ2v) is 15.4. The zero-order valence-corrected chi connectivity index (χ0v) is 33.5. The monoisotopic (exact) mass is 806 g/mol. The van der Waals surface area contributed by atoms with E-state index in [0.717, 1.165) is 40.8 Å². The molecule has 7 rings (SSSR count). The molecule has 3 atom stereocenters. The Bertz CT molecular complexity index is 2120. The molecule has 4 amide bonds. The summed E-state index contributed by atoms with van der Waals surface area (Å²) in [6.07, 6.45) is 2.87. The topological polar surface area (TPSA) is 181 Å². The van der Waals surface area contributed by atoms with Gasteiger partial charge in [0, 0.05) is 18.5 Å². The highest BCUT2D eigenvalue weighted by molar-refractivity contribution is 6.00. The number of aromatic amines is 1. The molecule has 59 heavy (non-hydrogen) atoms. The van der Waals surface area contributed by atoms with Gasteiger partial charge in [-0.25, -0.2) is 14.6 Å². The van der Waals surface area contributed by atoms with Crippen molar-refractivity contribution in [1.29, 1.82) is 0 Å². The number of carbonyl (C=O) groups is 5. The lowest BCUT2D eigenvalue weighted by Crippen LogP contribution is -2.51. The van der Waals surface area contributed by atoms with E-state index >= 15 is 0 Å². The number of Topliss-reactive ketones (excluding diaryl/α,β-unsaturated/α-hetero) is 1. The van der Waals surface area contributed by atoms with Crippen LogP contribution in [0.1, 0.15) is 67.3 Å². The Hall–Kier alpha value is -6.06. The van der Waals surface area contributed by atoms with E-state index in [4.69, 9.17) is 18.9 Å². The van der Waals surface area contributed by atoms with Crippen LogP contribution in [0.15, 0.2) is 85.1 Å². The van der Waals surface area contributed by atoms with Crippen LogP contribution in [0.4, 0.5) is 9.59 Å². The van der Waals surface area contributed by atoms with E-state index in [2.05, 4.69) is 20.6 Å². The van der Waals surface area contributed by atoms with Crippen LogP contribution in [0, 0.1) is 5.92 Å². The summed E-state index contributed by atoms with van der Waals surface area (Å²) in [6.45, 7) is 5.07. The number of hydrogen-bond acceptors (Lipinski definition) is 10. The summed E-state index contributed by atoms with van der Waals surface area (Å²) in [6, 6.07) is 22.4. The molecule has 3 aliphatic rings. The summed E-state index contributed by atoms with van der Waals surface area (Å²) in [5.74, 6) is -1.49. The van der Waals surface area contributed by atoms with Crippen LogP contribution in [-0.4, -0.2) is 107 Å². The van der Waals surface area contributed by atoms with E-state index < -0.39 is 36.0 Å². The second-order valence-electron chi connectivity index (χ2n) is 15.4. The van der Waals surface area contributed by atoms with Crippen molar-refractivity contribution in [2.45, 2.75) is 70.1 Å². The van der Waals surface area contributed by atoms with E-state index in [9.17, 15) is 24.0 Å². The minimum atomic E-state index is -1.10.